The minimum Gasteiger partial charge on any atom is -0.369 e. The first-order chi connectivity index (χ1) is 9.72. The Kier molecular flexibility index (Phi) is 3.65. The summed E-state index contributed by atoms with van der Waals surface area (Å²) in [4.78, 5) is 11.4. The zero-order chi connectivity index (χ0) is 13.9. The number of aryl methyl sites for hydroxylation is 2. The fraction of sp³-hybridized carbons (Fsp3) is 0.375. The predicted molar refractivity (Wildman–Crippen MR) is 82.0 cm³/mol. The maximum Gasteiger partial charge on any atom is 0.159 e. The molecule has 4 heteroatoms. The van der Waals surface area contributed by atoms with Crippen LogP contribution in [0.4, 0.5) is 5.69 Å². The van der Waals surface area contributed by atoms with Crippen LogP contribution >= 0.6 is 0 Å². The number of hydrogen-bond donors (Lipinski definition) is 1. The van der Waals surface area contributed by atoms with Gasteiger partial charge in [0.1, 0.15) is 0 Å². The van der Waals surface area contributed by atoms with Gasteiger partial charge in [0.15, 0.2) is 5.82 Å². The molecule has 1 aliphatic heterocycles. The molecule has 2 heterocycles. The van der Waals surface area contributed by atoms with Crippen LogP contribution < -0.4 is 10.2 Å². The Balaban J connectivity index is 1.85. The predicted octanol–water partition coefficient (Wildman–Crippen LogP) is 2.17. The number of piperazine rings is 1. The van der Waals surface area contributed by atoms with Crippen LogP contribution in [0.25, 0.3) is 11.4 Å². The maximum atomic E-state index is 4.51. The van der Waals surface area contributed by atoms with Crippen molar-refractivity contribution >= 4 is 5.69 Å². The molecule has 4 nitrogen and oxygen atoms in total. The standard InChI is InChI=1S/C16H20N4/c1-12-11-13(2)19-16(18-12)14-3-5-15(6-4-14)20-9-7-17-8-10-20/h3-6,11,17H,7-10H2,1-2H3. The molecule has 1 N–H and O–H groups in total. The van der Waals surface area contributed by atoms with E-state index in [0.29, 0.717) is 0 Å². The molecule has 20 heavy (non-hydrogen) atoms. The molecule has 104 valence electrons. The van der Waals surface area contributed by atoms with Gasteiger partial charge in [-0.2, -0.15) is 0 Å². The summed E-state index contributed by atoms with van der Waals surface area (Å²) in [6.07, 6.45) is 0. The summed E-state index contributed by atoms with van der Waals surface area (Å²) < 4.78 is 0. The second kappa shape index (κ2) is 5.59. The highest BCUT2D eigenvalue weighted by Crippen LogP contribution is 2.21. The molecule has 2 aromatic rings. The summed E-state index contributed by atoms with van der Waals surface area (Å²) in [6, 6.07) is 10.6. The summed E-state index contributed by atoms with van der Waals surface area (Å²) in [5.74, 6) is 0.814. The summed E-state index contributed by atoms with van der Waals surface area (Å²) in [7, 11) is 0. The van der Waals surface area contributed by atoms with Crippen molar-refractivity contribution in [3.8, 4) is 11.4 Å². The number of anilines is 1. The first kappa shape index (κ1) is 13.1. The lowest BCUT2D eigenvalue weighted by Crippen LogP contribution is -2.43. The van der Waals surface area contributed by atoms with E-state index in [1.165, 1.54) is 5.69 Å². The minimum absolute atomic E-state index is 0.814. The summed E-state index contributed by atoms with van der Waals surface area (Å²) in [5.41, 5.74) is 4.38. The number of rotatable bonds is 2. The molecule has 0 radical (unpaired) electrons. The van der Waals surface area contributed by atoms with E-state index in [-0.39, 0.29) is 0 Å². The quantitative estimate of drug-likeness (QED) is 0.906. The normalized spacial score (nSPS) is 15.4. The number of benzene rings is 1. The van der Waals surface area contributed by atoms with Gasteiger partial charge in [-0.25, -0.2) is 9.97 Å². The topological polar surface area (TPSA) is 41.1 Å². The zero-order valence-electron chi connectivity index (χ0n) is 12.1. The average molecular weight is 268 g/mol. The molecule has 3 rings (SSSR count). The SMILES string of the molecule is Cc1cc(C)nc(-c2ccc(N3CCNCC3)cc2)n1. The van der Waals surface area contributed by atoms with Gasteiger partial charge in [-0.15, -0.1) is 0 Å². The van der Waals surface area contributed by atoms with Gasteiger partial charge in [-0.3, -0.25) is 0 Å². The highest BCUT2D eigenvalue weighted by atomic mass is 15.2. The van der Waals surface area contributed by atoms with Crippen LogP contribution in [0.15, 0.2) is 30.3 Å². The monoisotopic (exact) mass is 268 g/mol. The Hall–Kier alpha value is -1.94. The van der Waals surface area contributed by atoms with E-state index in [2.05, 4.69) is 44.5 Å². The highest BCUT2D eigenvalue weighted by molar-refractivity contribution is 5.60. The third-order valence-electron chi connectivity index (χ3n) is 3.59. The van der Waals surface area contributed by atoms with Gasteiger partial charge in [0.2, 0.25) is 0 Å². The second-order valence-electron chi connectivity index (χ2n) is 5.26. The summed E-state index contributed by atoms with van der Waals surface area (Å²) >= 11 is 0. The molecule has 1 aromatic carbocycles. The van der Waals surface area contributed by atoms with Gasteiger partial charge in [-0.05, 0) is 44.2 Å². The van der Waals surface area contributed by atoms with Crippen LogP contribution in [-0.2, 0) is 0 Å². The van der Waals surface area contributed by atoms with Crippen LogP contribution in [0.1, 0.15) is 11.4 Å². The zero-order valence-corrected chi connectivity index (χ0v) is 12.1. The lowest BCUT2D eigenvalue weighted by Gasteiger charge is -2.29. The molecular formula is C16H20N4. The fourth-order valence-corrected chi connectivity index (χ4v) is 2.60. The molecule has 0 spiro atoms. The van der Waals surface area contributed by atoms with Crippen molar-refractivity contribution in [2.45, 2.75) is 13.8 Å². The molecule has 1 aromatic heterocycles. The van der Waals surface area contributed by atoms with E-state index in [0.717, 1.165) is 49.0 Å². The Morgan fingerprint density at radius 2 is 1.55 bits per heavy atom. The molecular weight excluding hydrogens is 248 g/mol. The van der Waals surface area contributed by atoms with Crippen LogP contribution in [-0.4, -0.2) is 36.1 Å². The molecule has 1 saturated heterocycles. The van der Waals surface area contributed by atoms with Gasteiger partial charge >= 0.3 is 0 Å². The third kappa shape index (κ3) is 2.80. The first-order valence-electron chi connectivity index (χ1n) is 7.11. The summed E-state index contributed by atoms with van der Waals surface area (Å²) in [5, 5.41) is 3.37. The van der Waals surface area contributed by atoms with E-state index >= 15 is 0 Å². The van der Waals surface area contributed by atoms with Crippen LogP contribution in [0.5, 0.6) is 0 Å². The number of hydrogen-bond acceptors (Lipinski definition) is 4. The fourth-order valence-electron chi connectivity index (χ4n) is 2.60. The Labute approximate surface area is 119 Å². The molecule has 0 amide bonds. The van der Waals surface area contributed by atoms with E-state index in [1.54, 1.807) is 0 Å². The number of nitrogens with one attached hydrogen (secondary N) is 1. The molecule has 0 aliphatic carbocycles. The van der Waals surface area contributed by atoms with Gasteiger partial charge in [0.05, 0.1) is 0 Å². The molecule has 0 saturated carbocycles. The van der Waals surface area contributed by atoms with Crippen molar-refractivity contribution in [1.82, 2.24) is 15.3 Å². The van der Waals surface area contributed by atoms with Gasteiger partial charge in [0.25, 0.3) is 0 Å². The number of nitrogens with zero attached hydrogens (tertiary/aromatic N) is 3. The average Bonchev–Trinajstić information content (AvgIpc) is 2.47. The van der Waals surface area contributed by atoms with Gasteiger partial charge in [-0.1, -0.05) is 0 Å². The Bertz CT molecular complexity index is 566. The van der Waals surface area contributed by atoms with Crippen molar-refractivity contribution in [2.75, 3.05) is 31.1 Å². The van der Waals surface area contributed by atoms with E-state index < -0.39 is 0 Å². The smallest absolute Gasteiger partial charge is 0.159 e. The highest BCUT2D eigenvalue weighted by Gasteiger charge is 2.10. The Morgan fingerprint density at radius 1 is 0.950 bits per heavy atom. The largest absolute Gasteiger partial charge is 0.369 e. The summed E-state index contributed by atoms with van der Waals surface area (Å²) in [6.45, 7) is 8.27. The maximum absolute atomic E-state index is 4.51. The molecule has 1 fully saturated rings. The number of aromatic nitrogens is 2. The molecule has 1 aliphatic rings. The van der Waals surface area contributed by atoms with Crippen molar-refractivity contribution in [3.63, 3.8) is 0 Å². The van der Waals surface area contributed by atoms with E-state index in [1.807, 2.05) is 19.9 Å². The second-order valence-corrected chi connectivity index (χ2v) is 5.26. The lowest BCUT2D eigenvalue weighted by molar-refractivity contribution is 0.589. The van der Waals surface area contributed by atoms with Crippen molar-refractivity contribution < 1.29 is 0 Å². The molecule has 0 atom stereocenters. The van der Waals surface area contributed by atoms with Crippen LogP contribution in [0.2, 0.25) is 0 Å². The first-order valence-corrected chi connectivity index (χ1v) is 7.11. The minimum atomic E-state index is 0.814. The van der Waals surface area contributed by atoms with Crippen LogP contribution in [0.3, 0.4) is 0 Å². The Morgan fingerprint density at radius 3 is 2.15 bits per heavy atom. The lowest BCUT2D eigenvalue weighted by atomic mass is 10.1. The van der Waals surface area contributed by atoms with Crippen molar-refractivity contribution in [1.29, 1.82) is 0 Å². The molecule has 0 unspecified atom stereocenters. The van der Waals surface area contributed by atoms with Gasteiger partial charge in [0, 0.05) is 48.8 Å². The van der Waals surface area contributed by atoms with Crippen molar-refractivity contribution in [2.24, 2.45) is 0 Å². The third-order valence-corrected chi connectivity index (χ3v) is 3.59. The van der Waals surface area contributed by atoms with E-state index in [9.17, 15) is 0 Å². The van der Waals surface area contributed by atoms with E-state index in [4.69, 9.17) is 0 Å². The molecule has 0 bridgehead atoms. The van der Waals surface area contributed by atoms with Crippen molar-refractivity contribution in [3.05, 3.63) is 41.7 Å². The van der Waals surface area contributed by atoms with Gasteiger partial charge < -0.3 is 10.2 Å². The van der Waals surface area contributed by atoms with Crippen LogP contribution in [0, 0.1) is 13.8 Å².